The summed E-state index contributed by atoms with van der Waals surface area (Å²) >= 11 is 0. The predicted octanol–water partition coefficient (Wildman–Crippen LogP) is 3.27. The van der Waals surface area contributed by atoms with Gasteiger partial charge in [-0.05, 0) is 43.5 Å². The van der Waals surface area contributed by atoms with E-state index < -0.39 is 0 Å². The van der Waals surface area contributed by atoms with Crippen molar-refractivity contribution < 1.29 is 0 Å². The van der Waals surface area contributed by atoms with E-state index in [4.69, 9.17) is 0 Å². The van der Waals surface area contributed by atoms with Gasteiger partial charge in [-0.15, -0.1) is 0 Å². The Hall–Kier alpha value is -2.49. The summed E-state index contributed by atoms with van der Waals surface area (Å²) in [7, 11) is 0. The first-order valence-corrected chi connectivity index (χ1v) is 7.47. The molecular formula is C18H19N3O. The van der Waals surface area contributed by atoms with E-state index in [2.05, 4.69) is 9.97 Å². The summed E-state index contributed by atoms with van der Waals surface area (Å²) in [5, 5.41) is 0.569. The van der Waals surface area contributed by atoms with E-state index in [1.165, 1.54) is 0 Å². The third-order valence-electron chi connectivity index (χ3n) is 3.91. The van der Waals surface area contributed by atoms with Crippen molar-refractivity contribution in [2.45, 2.75) is 34.1 Å². The number of benzene rings is 1. The quantitative estimate of drug-likeness (QED) is 0.728. The molecule has 0 amide bonds. The molecule has 2 aromatic heterocycles. The molecule has 0 aliphatic heterocycles. The zero-order valence-electron chi connectivity index (χ0n) is 13.3. The minimum absolute atomic E-state index is 0.0459. The van der Waals surface area contributed by atoms with Crippen molar-refractivity contribution in [3.63, 3.8) is 0 Å². The van der Waals surface area contributed by atoms with Gasteiger partial charge in [0.25, 0.3) is 5.56 Å². The molecule has 22 heavy (non-hydrogen) atoms. The first-order valence-electron chi connectivity index (χ1n) is 7.47. The van der Waals surface area contributed by atoms with Gasteiger partial charge < -0.3 is 0 Å². The number of para-hydroxylation sites is 1. The number of nitrogens with zero attached hydrogens (tertiary/aromatic N) is 3. The van der Waals surface area contributed by atoms with Gasteiger partial charge >= 0.3 is 0 Å². The number of rotatable bonds is 2. The van der Waals surface area contributed by atoms with E-state index in [9.17, 15) is 4.79 Å². The second-order valence-corrected chi connectivity index (χ2v) is 5.65. The summed E-state index contributed by atoms with van der Waals surface area (Å²) in [5.41, 5.74) is 4.51. The monoisotopic (exact) mass is 293 g/mol. The Balaban J connectivity index is 2.48. The maximum absolute atomic E-state index is 13.0. The summed E-state index contributed by atoms with van der Waals surface area (Å²) < 4.78 is 1.74. The van der Waals surface area contributed by atoms with Gasteiger partial charge in [0, 0.05) is 12.6 Å². The fourth-order valence-corrected chi connectivity index (χ4v) is 2.84. The van der Waals surface area contributed by atoms with Crippen molar-refractivity contribution in [2.24, 2.45) is 0 Å². The topological polar surface area (TPSA) is 47.8 Å². The van der Waals surface area contributed by atoms with Crippen molar-refractivity contribution in [3.05, 3.63) is 63.3 Å². The Morgan fingerprint density at radius 1 is 1.14 bits per heavy atom. The van der Waals surface area contributed by atoms with Gasteiger partial charge in [-0.2, -0.15) is 0 Å². The number of aryl methyl sites for hydroxylation is 4. The molecule has 0 atom stereocenters. The molecule has 4 heteroatoms. The Kier molecular flexibility index (Phi) is 3.53. The molecule has 0 fully saturated rings. The molecule has 0 radical (unpaired) electrons. The third-order valence-corrected chi connectivity index (χ3v) is 3.91. The molecule has 0 N–H and O–H groups in total. The fraction of sp³-hybridized carbons (Fsp3) is 0.278. The number of hydrogen-bond donors (Lipinski definition) is 0. The molecule has 2 heterocycles. The van der Waals surface area contributed by atoms with Crippen LogP contribution >= 0.6 is 0 Å². The van der Waals surface area contributed by atoms with Gasteiger partial charge in [-0.25, -0.2) is 9.97 Å². The van der Waals surface area contributed by atoms with Gasteiger partial charge in [0.1, 0.15) is 5.82 Å². The predicted molar refractivity (Wildman–Crippen MR) is 88.7 cm³/mol. The van der Waals surface area contributed by atoms with E-state index in [1.54, 1.807) is 10.8 Å². The standard InChI is InChI=1S/C18H19N3O/c1-5-15-20-17-14(9-11(2)10-19-17)18(22)21(15)16-12(3)7-6-8-13(16)4/h6-10H,5H2,1-4H3. The zero-order chi connectivity index (χ0) is 15.9. The van der Waals surface area contributed by atoms with Crippen LogP contribution in [-0.2, 0) is 6.42 Å². The number of aromatic nitrogens is 3. The van der Waals surface area contributed by atoms with Crippen LogP contribution in [0.25, 0.3) is 16.7 Å². The minimum atomic E-state index is -0.0459. The second kappa shape index (κ2) is 5.37. The van der Waals surface area contributed by atoms with Crippen LogP contribution in [0.15, 0.2) is 35.3 Å². The first kappa shape index (κ1) is 14.4. The van der Waals surface area contributed by atoms with E-state index in [1.807, 2.05) is 52.0 Å². The van der Waals surface area contributed by atoms with E-state index >= 15 is 0 Å². The van der Waals surface area contributed by atoms with E-state index in [0.717, 1.165) is 28.2 Å². The number of fused-ring (bicyclic) bond motifs is 1. The Morgan fingerprint density at radius 3 is 2.45 bits per heavy atom. The average Bonchev–Trinajstić information content (AvgIpc) is 2.49. The molecular weight excluding hydrogens is 274 g/mol. The van der Waals surface area contributed by atoms with Crippen LogP contribution in [-0.4, -0.2) is 14.5 Å². The molecule has 0 unspecified atom stereocenters. The van der Waals surface area contributed by atoms with Crippen LogP contribution in [0.2, 0.25) is 0 Å². The molecule has 1 aromatic carbocycles. The number of pyridine rings is 1. The maximum Gasteiger partial charge on any atom is 0.267 e. The van der Waals surface area contributed by atoms with Crippen LogP contribution in [0.4, 0.5) is 0 Å². The first-order chi connectivity index (χ1) is 10.5. The smallest absolute Gasteiger partial charge is 0.267 e. The molecule has 0 saturated heterocycles. The van der Waals surface area contributed by atoms with E-state index in [0.29, 0.717) is 17.5 Å². The highest BCUT2D eigenvalue weighted by molar-refractivity contribution is 5.74. The van der Waals surface area contributed by atoms with Crippen molar-refractivity contribution in [1.29, 1.82) is 0 Å². The van der Waals surface area contributed by atoms with Crippen LogP contribution in [0.3, 0.4) is 0 Å². The lowest BCUT2D eigenvalue weighted by atomic mass is 10.1. The molecule has 4 nitrogen and oxygen atoms in total. The lowest BCUT2D eigenvalue weighted by molar-refractivity contribution is 0.820. The van der Waals surface area contributed by atoms with Gasteiger partial charge in [0.2, 0.25) is 0 Å². The maximum atomic E-state index is 13.0. The summed E-state index contributed by atoms with van der Waals surface area (Å²) in [6.07, 6.45) is 2.42. The zero-order valence-corrected chi connectivity index (χ0v) is 13.3. The second-order valence-electron chi connectivity index (χ2n) is 5.65. The highest BCUT2D eigenvalue weighted by atomic mass is 16.1. The van der Waals surface area contributed by atoms with Crippen molar-refractivity contribution >= 4 is 11.0 Å². The Morgan fingerprint density at radius 2 is 1.82 bits per heavy atom. The van der Waals surface area contributed by atoms with E-state index in [-0.39, 0.29) is 5.56 Å². The summed E-state index contributed by atoms with van der Waals surface area (Å²) in [6.45, 7) is 7.98. The molecule has 0 aliphatic rings. The van der Waals surface area contributed by atoms with Gasteiger partial charge in [-0.3, -0.25) is 9.36 Å². The lowest BCUT2D eigenvalue weighted by Crippen LogP contribution is -2.25. The third kappa shape index (κ3) is 2.21. The van der Waals surface area contributed by atoms with Gasteiger partial charge in [-0.1, -0.05) is 25.1 Å². The molecule has 3 rings (SSSR count). The highest BCUT2D eigenvalue weighted by Gasteiger charge is 2.15. The van der Waals surface area contributed by atoms with Crippen LogP contribution in [0.1, 0.15) is 29.4 Å². The molecule has 0 spiro atoms. The minimum Gasteiger partial charge on any atom is -0.268 e. The highest BCUT2D eigenvalue weighted by Crippen LogP contribution is 2.20. The lowest BCUT2D eigenvalue weighted by Gasteiger charge is -2.16. The fourth-order valence-electron chi connectivity index (χ4n) is 2.84. The van der Waals surface area contributed by atoms with Gasteiger partial charge in [0.15, 0.2) is 5.65 Å². The SMILES string of the molecule is CCc1nc2ncc(C)cc2c(=O)n1-c1c(C)cccc1C. The molecule has 3 aromatic rings. The van der Waals surface area contributed by atoms with Crippen LogP contribution < -0.4 is 5.56 Å². The summed E-state index contributed by atoms with van der Waals surface area (Å²) in [5.74, 6) is 0.742. The van der Waals surface area contributed by atoms with Crippen molar-refractivity contribution in [3.8, 4) is 5.69 Å². The van der Waals surface area contributed by atoms with Crippen LogP contribution in [0, 0.1) is 20.8 Å². The molecule has 0 bridgehead atoms. The molecule has 0 aliphatic carbocycles. The molecule has 112 valence electrons. The van der Waals surface area contributed by atoms with Crippen LogP contribution in [0.5, 0.6) is 0 Å². The Bertz CT molecular complexity index is 905. The average molecular weight is 293 g/mol. The normalized spacial score (nSPS) is 11.1. The largest absolute Gasteiger partial charge is 0.268 e. The van der Waals surface area contributed by atoms with Crippen molar-refractivity contribution in [1.82, 2.24) is 14.5 Å². The Labute approximate surface area is 129 Å². The summed E-state index contributed by atoms with van der Waals surface area (Å²) in [6, 6.07) is 7.91. The van der Waals surface area contributed by atoms with Crippen molar-refractivity contribution in [2.75, 3.05) is 0 Å². The summed E-state index contributed by atoms with van der Waals surface area (Å²) in [4.78, 5) is 22.0. The van der Waals surface area contributed by atoms with Gasteiger partial charge in [0.05, 0.1) is 11.1 Å². The molecule has 0 saturated carbocycles. The number of hydrogen-bond acceptors (Lipinski definition) is 3.